The van der Waals surface area contributed by atoms with E-state index in [1.165, 1.54) is 11.1 Å². The molecule has 150 valence electrons. The van der Waals surface area contributed by atoms with Crippen molar-refractivity contribution in [3.63, 3.8) is 0 Å². The van der Waals surface area contributed by atoms with Gasteiger partial charge in [0.25, 0.3) is 0 Å². The van der Waals surface area contributed by atoms with Gasteiger partial charge in [0.2, 0.25) is 5.91 Å². The standard InChI is InChI=1S/C23H32N4O/c1-19(14-15-20-10-6-4-7-11-20)26-23(25-18-22(28)27(2)3)24-17-16-21-12-8-5-9-13-21/h4-13,19H,14-18H2,1-3H3,(H2,24,25,26). The SMILES string of the molecule is CC(CCc1ccccc1)NC(=NCC(=O)N(C)C)NCCc1ccccc1. The van der Waals surface area contributed by atoms with Gasteiger partial charge in [0.05, 0.1) is 0 Å². The molecule has 5 heteroatoms. The molecule has 1 unspecified atom stereocenters. The fraction of sp³-hybridized carbons (Fsp3) is 0.391. The van der Waals surface area contributed by atoms with Crippen LogP contribution in [-0.2, 0) is 17.6 Å². The maximum atomic E-state index is 11.9. The zero-order chi connectivity index (χ0) is 20.2. The third-order valence-corrected chi connectivity index (χ3v) is 4.51. The number of nitrogens with one attached hydrogen (secondary N) is 2. The minimum atomic E-state index is -0.0129. The fourth-order valence-electron chi connectivity index (χ4n) is 2.74. The van der Waals surface area contributed by atoms with Gasteiger partial charge in [-0.3, -0.25) is 4.79 Å². The maximum Gasteiger partial charge on any atom is 0.243 e. The number of hydrogen-bond acceptors (Lipinski definition) is 2. The Bertz CT molecular complexity index is 729. The van der Waals surface area contributed by atoms with E-state index in [1.54, 1.807) is 19.0 Å². The van der Waals surface area contributed by atoms with Gasteiger partial charge in [-0.2, -0.15) is 0 Å². The monoisotopic (exact) mass is 380 g/mol. The van der Waals surface area contributed by atoms with Crippen LogP contribution in [0.2, 0.25) is 0 Å². The van der Waals surface area contributed by atoms with Crippen LogP contribution in [0.15, 0.2) is 65.7 Å². The third kappa shape index (κ3) is 8.25. The highest BCUT2D eigenvalue weighted by Gasteiger charge is 2.08. The highest BCUT2D eigenvalue weighted by atomic mass is 16.2. The summed E-state index contributed by atoms with van der Waals surface area (Å²) in [6, 6.07) is 21.1. The highest BCUT2D eigenvalue weighted by Crippen LogP contribution is 2.05. The molecular formula is C23H32N4O. The molecule has 5 nitrogen and oxygen atoms in total. The number of amides is 1. The number of aryl methyl sites for hydroxylation is 1. The van der Waals surface area contributed by atoms with E-state index in [-0.39, 0.29) is 18.5 Å². The topological polar surface area (TPSA) is 56.7 Å². The molecule has 2 N–H and O–H groups in total. The van der Waals surface area contributed by atoms with Crippen molar-refractivity contribution >= 4 is 11.9 Å². The van der Waals surface area contributed by atoms with Crippen molar-refractivity contribution in [3.8, 4) is 0 Å². The molecule has 0 aliphatic carbocycles. The summed E-state index contributed by atoms with van der Waals surface area (Å²) in [7, 11) is 3.49. The smallest absolute Gasteiger partial charge is 0.243 e. The lowest BCUT2D eigenvalue weighted by Crippen LogP contribution is -2.43. The lowest BCUT2D eigenvalue weighted by Gasteiger charge is -2.19. The van der Waals surface area contributed by atoms with Gasteiger partial charge in [0.1, 0.15) is 6.54 Å². The van der Waals surface area contributed by atoms with Crippen LogP contribution in [-0.4, -0.2) is 50.0 Å². The summed E-state index contributed by atoms with van der Waals surface area (Å²) >= 11 is 0. The average molecular weight is 381 g/mol. The van der Waals surface area contributed by atoms with Gasteiger partial charge in [-0.25, -0.2) is 4.99 Å². The predicted octanol–water partition coefficient (Wildman–Crippen LogP) is 2.87. The molecule has 2 rings (SSSR count). The van der Waals surface area contributed by atoms with E-state index in [9.17, 15) is 4.79 Å². The second-order valence-corrected chi connectivity index (χ2v) is 7.19. The normalized spacial score (nSPS) is 12.3. The summed E-state index contributed by atoms with van der Waals surface area (Å²) in [5.74, 6) is 0.674. The Labute approximate surface area is 168 Å². The van der Waals surface area contributed by atoms with E-state index in [0.29, 0.717) is 5.96 Å². The van der Waals surface area contributed by atoms with Gasteiger partial charge in [-0.05, 0) is 37.3 Å². The highest BCUT2D eigenvalue weighted by molar-refractivity contribution is 5.84. The molecule has 28 heavy (non-hydrogen) atoms. The molecule has 2 aromatic rings. The van der Waals surface area contributed by atoms with Gasteiger partial charge in [0, 0.05) is 26.7 Å². The van der Waals surface area contributed by atoms with Crippen LogP contribution in [0, 0.1) is 0 Å². The molecule has 0 saturated heterocycles. The fourth-order valence-corrected chi connectivity index (χ4v) is 2.74. The minimum Gasteiger partial charge on any atom is -0.356 e. The number of guanidine groups is 1. The number of likely N-dealkylation sites (N-methyl/N-ethyl adjacent to an activating group) is 1. The van der Waals surface area contributed by atoms with Crippen molar-refractivity contribution in [3.05, 3.63) is 71.8 Å². The van der Waals surface area contributed by atoms with Crippen molar-refractivity contribution < 1.29 is 4.79 Å². The lowest BCUT2D eigenvalue weighted by atomic mass is 10.1. The van der Waals surface area contributed by atoms with Gasteiger partial charge in [0.15, 0.2) is 5.96 Å². The number of carbonyl (C=O) groups is 1. The second-order valence-electron chi connectivity index (χ2n) is 7.19. The molecule has 0 aromatic heterocycles. The Hall–Kier alpha value is -2.82. The van der Waals surface area contributed by atoms with E-state index >= 15 is 0 Å². The first-order valence-electron chi connectivity index (χ1n) is 9.87. The van der Waals surface area contributed by atoms with Crippen LogP contribution >= 0.6 is 0 Å². The molecule has 1 atom stereocenters. The van der Waals surface area contributed by atoms with E-state index in [2.05, 4.69) is 58.9 Å². The Morgan fingerprint density at radius 1 is 0.964 bits per heavy atom. The average Bonchev–Trinajstić information content (AvgIpc) is 2.71. The van der Waals surface area contributed by atoms with Crippen LogP contribution in [0.4, 0.5) is 0 Å². The van der Waals surface area contributed by atoms with Crippen molar-refractivity contribution in [1.82, 2.24) is 15.5 Å². The van der Waals surface area contributed by atoms with Crippen molar-refractivity contribution in [2.45, 2.75) is 32.2 Å². The zero-order valence-electron chi connectivity index (χ0n) is 17.2. The predicted molar refractivity (Wildman–Crippen MR) is 117 cm³/mol. The van der Waals surface area contributed by atoms with Crippen molar-refractivity contribution in [1.29, 1.82) is 0 Å². The van der Waals surface area contributed by atoms with E-state index in [1.807, 2.05) is 24.3 Å². The number of nitrogens with zero attached hydrogens (tertiary/aromatic N) is 2. The summed E-state index contributed by atoms with van der Waals surface area (Å²) in [6.45, 7) is 3.04. The Kier molecular flexibility index (Phi) is 9.05. The number of carbonyl (C=O) groups excluding carboxylic acids is 1. The summed E-state index contributed by atoms with van der Waals surface area (Å²) in [4.78, 5) is 17.9. The maximum absolute atomic E-state index is 11.9. The summed E-state index contributed by atoms with van der Waals surface area (Å²) < 4.78 is 0. The van der Waals surface area contributed by atoms with Crippen LogP contribution in [0.3, 0.4) is 0 Å². The molecule has 0 bridgehead atoms. The quantitative estimate of drug-likeness (QED) is 0.520. The molecule has 1 amide bonds. The summed E-state index contributed by atoms with van der Waals surface area (Å²) in [5.41, 5.74) is 2.60. The van der Waals surface area contributed by atoms with Crippen molar-refractivity contribution in [2.75, 3.05) is 27.2 Å². The molecule has 2 aromatic carbocycles. The van der Waals surface area contributed by atoms with Crippen molar-refractivity contribution in [2.24, 2.45) is 4.99 Å². The lowest BCUT2D eigenvalue weighted by molar-refractivity contribution is -0.127. The first-order valence-corrected chi connectivity index (χ1v) is 9.87. The molecule has 0 radical (unpaired) electrons. The largest absolute Gasteiger partial charge is 0.356 e. The van der Waals surface area contributed by atoms with Gasteiger partial charge < -0.3 is 15.5 Å². The first-order chi connectivity index (χ1) is 13.5. The number of rotatable bonds is 9. The number of aliphatic imine (C=N–C) groups is 1. The number of benzene rings is 2. The second kappa shape index (κ2) is 11.8. The van der Waals surface area contributed by atoms with Crippen LogP contribution in [0.5, 0.6) is 0 Å². The van der Waals surface area contributed by atoms with E-state index < -0.39 is 0 Å². The van der Waals surface area contributed by atoms with Crippen LogP contribution < -0.4 is 10.6 Å². The summed E-state index contributed by atoms with van der Waals surface area (Å²) in [6.07, 6.45) is 2.90. The molecule has 0 aliphatic rings. The van der Waals surface area contributed by atoms with E-state index in [4.69, 9.17) is 0 Å². The Morgan fingerprint density at radius 3 is 2.11 bits per heavy atom. The van der Waals surface area contributed by atoms with Crippen LogP contribution in [0.25, 0.3) is 0 Å². The Balaban J connectivity index is 1.88. The minimum absolute atomic E-state index is 0.0129. The molecule has 0 heterocycles. The van der Waals surface area contributed by atoms with Gasteiger partial charge >= 0.3 is 0 Å². The first kappa shape index (κ1) is 21.5. The van der Waals surface area contributed by atoms with Gasteiger partial charge in [-0.15, -0.1) is 0 Å². The molecule has 0 spiro atoms. The molecule has 0 fully saturated rings. The molecule has 0 aliphatic heterocycles. The molecule has 0 saturated carbocycles. The van der Waals surface area contributed by atoms with Crippen LogP contribution in [0.1, 0.15) is 24.5 Å². The third-order valence-electron chi connectivity index (χ3n) is 4.51. The molecular weight excluding hydrogens is 348 g/mol. The Morgan fingerprint density at radius 2 is 1.54 bits per heavy atom. The zero-order valence-corrected chi connectivity index (χ0v) is 17.2. The van der Waals surface area contributed by atoms with Gasteiger partial charge in [-0.1, -0.05) is 60.7 Å². The summed E-state index contributed by atoms with van der Waals surface area (Å²) in [5, 5.41) is 6.80. The van der Waals surface area contributed by atoms with E-state index in [0.717, 1.165) is 25.8 Å². The number of hydrogen-bond donors (Lipinski definition) is 2.